The molecule has 26 heavy (non-hydrogen) atoms. The van der Waals surface area contributed by atoms with Crippen molar-refractivity contribution in [2.75, 3.05) is 0 Å². The van der Waals surface area contributed by atoms with Crippen molar-refractivity contribution in [3.63, 3.8) is 0 Å². The van der Waals surface area contributed by atoms with Gasteiger partial charge in [0.05, 0.1) is 11.3 Å². The second-order valence-electron chi connectivity index (χ2n) is 6.92. The van der Waals surface area contributed by atoms with E-state index in [1.54, 1.807) is 11.8 Å². The van der Waals surface area contributed by atoms with Gasteiger partial charge in [-0.05, 0) is 60.2 Å². The quantitative estimate of drug-likeness (QED) is 0.620. The Balaban J connectivity index is 1.45. The molecule has 0 unspecified atom stereocenters. The first kappa shape index (κ1) is 17.2. The van der Waals surface area contributed by atoms with Crippen molar-refractivity contribution in [2.24, 2.45) is 0 Å². The SMILES string of the molecule is C[C@@H](Sc1ccc2ccccc2c1)C(=O)N[C@H]1CCCc2ccccc21. The fraction of sp³-hybridized carbons (Fsp3) is 0.261. The van der Waals surface area contributed by atoms with E-state index in [2.05, 4.69) is 59.9 Å². The summed E-state index contributed by atoms with van der Waals surface area (Å²) >= 11 is 1.62. The van der Waals surface area contributed by atoms with Crippen LogP contribution in [0.2, 0.25) is 0 Å². The third kappa shape index (κ3) is 3.63. The van der Waals surface area contributed by atoms with Crippen molar-refractivity contribution in [2.45, 2.75) is 42.4 Å². The maximum Gasteiger partial charge on any atom is 0.233 e. The van der Waals surface area contributed by atoms with Gasteiger partial charge in [0.2, 0.25) is 5.91 Å². The normalized spacial score (nSPS) is 17.5. The average molecular weight is 362 g/mol. The minimum Gasteiger partial charge on any atom is -0.348 e. The summed E-state index contributed by atoms with van der Waals surface area (Å²) in [6.45, 7) is 1.99. The molecule has 0 fully saturated rings. The van der Waals surface area contributed by atoms with Crippen LogP contribution >= 0.6 is 11.8 Å². The molecule has 1 aliphatic carbocycles. The van der Waals surface area contributed by atoms with E-state index in [1.807, 2.05) is 19.1 Å². The van der Waals surface area contributed by atoms with E-state index < -0.39 is 0 Å². The lowest BCUT2D eigenvalue weighted by Crippen LogP contribution is -2.35. The van der Waals surface area contributed by atoms with Gasteiger partial charge in [0.15, 0.2) is 0 Å². The van der Waals surface area contributed by atoms with Crippen LogP contribution in [-0.4, -0.2) is 11.2 Å². The van der Waals surface area contributed by atoms with Crippen LogP contribution in [0.4, 0.5) is 0 Å². The predicted molar refractivity (Wildman–Crippen MR) is 110 cm³/mol. The molecule has 132 valence electrons. The highest BCUT2D eigenvalue weighted by atomic mass is 32.2. The zero-order valence-electron chi connectivity index (χ0n) is 14.9. The van der Waals surface area contributed by atoms with E-state index in [4.69, 9.17) is 0 Å². The van der Waals surface area contributed by atoms with Crippen LogP contribution in [0.5, 0.6) is 0 Å². The van der Waals surface area contributed by atoms with Gasteiger partial charge in [0.25, 0.3) is 0 Å². The first-order chi connectivity index (χ1) is 12.7. The first-order valence-corrected chi connectivity index (χ1v) is 10.1. The molecule has 1 aliphatic rings. The zero-order valence-corrected chi connectivity index (χ0v) is 15.8. The molecule has 0 bridgehead atoms. The summed E-state index contributed by atoms with van der Waals surface area (Å²) in [6, 6.07) is 23.3. The molecule has 0 heterocycles. The molecule has 0 radical (unpaired) electrons. The maximum absolute atomic E-state index is 12.8. The monoisotopic (exact) mass is 361 g/mol. The van der Waals surface area contributed by atoms with Crippen LogP contribution in [0, 0.1) is 0 Å². The Labute approximate surface area is 159 Å². The van der Waals surface area contributed by atoms with E-state index >= 15 is 0 Å². The van der Waals surface area contributed by atoms with Crippen LogP contribution in [0.25, 0.3) is 10.8 Å². The van der Waals surface area contributed by atoms with E-state index in [-0.39, 0.29) is 17.2 Å². The number of carbonyl (C=O) groups is 1. The van der Waals surface area contributed by atoms with Gasteiger partial charge in [-0.2, -0.15) is 0 Å². The smallest absolute Gasteiger partial charge is 0.233 e. The summed E-state index contributed by atoms with van der Waals surface area (Å²) in [5, 5.41) is 5.60. The summed E-state index contributed by atoms with van der Waals surface area (Å²) in [5.74, 6) is 0.116. The van der Waals surface area contributed by atoms with Gasteiger partial charge in [-0.1, -0.05) is 54.6 Å². The van der Waals surface area contributed by atoms with Gasteiger partial charge in [0, 0.05) is 4.90 Å². The second kappa shape index (κ2) is 7.55. The molecule has 2 atom stereocenters. The van der Waals surface area contributed by atoms with Crippen molar-refractivity contribution >= 4 is 28.4 Å². The largest absolute Gasteiger partial charge is 0.348 e. The second-order valence-corrected chi connectivity index (χ2v) is 8.34. The van der Waals surface area contributed by atoms with Crippen molar-refractivity contribution in [1.82, 2.24) is 5.32 Å². The van der Waals surface area contributed by atoms with Gasteiger partial charge in [0.1, 0.15) is 0 Å². The molecular weight excluding hydrogens is 338 g/mol. The topological polar surface area (TPSA) is 29.1 Å². The van der Waals surface area contributed by atoms with Crippen molar-refractivity contribution in [3.05, 3.63) is 77.9 Å². The summed E-state index contributed by atoms with van der Waals surface area (Å²) in [4.78, 5) is 13.9. The molecule has 0 saturated heterocycles. The summed E-state index contributed by atoms with van der Waals surface area (Å²) in [5.41, 5.74) is 2.66. The van der Waals surface area contributed by atoms with E-state index in [9.17, 15) is 4.79 Å². The van der Waals surface area contributed by atoms with E-state index in [0.717, 1.165) is 24.2 Å². The zero-order chi connectivity index (χ0) is 17.9. The van der Waals surface area contributed by atoms with E-state index in [1.165, 1.54) is 21.9 Å². The Morgan fingerprint density at radius 2 is 1.81 bits per heavy atom. The number of rotatable bonds is 4. The molecule has 1 N–H and O–H groups in total. The van der Waals surface area contributed by atoms with Gasteiger partial charge in [-0.15, -0.1) is 11.8 Å². The molecule has 0 aliphatic heterocycles. The number of hydrogen-bond donors (Lipinski definition) is 1. The van der Waals surface area contributed by atoms with Crippen LogP contribution in [-0.2, 0) is 11.2 Å². The highest BCUT2D eigenvalue weighted by Crippen LogP contribution is 2.31. The lowest BCUT2D eigenvalue weighted by Gasteiger charge is -2.27. The van der Waals surface area contributed by atoms with Crippen molar-refractivity contribution in [3.8, 4) is 0 Å². The van der Waals surface area contributed by atoms with Gasteiger partial charge < -0.3 is 5.32 Å². The number of carbonyl (C=O) groups excluding carboxylic acids is 1. The Morgan fingerprint density at radius 1 is 1.04 bits per heavy atom. The van der Waals surface area contributed by atoms with Crippen LogP contribution in [0.3, 0.4) is 0 Å². The summed E-state index contributed by atoms with van der Waals surface area (Å²) in [7, 11) is 0. The molecule has 3 aromatic rings. The predicted octanol–water partition coefficient (Wildman–Crippen LogP) is 5.51. The Hall–Kier alpha value is -2.26. The third-order valence-electron chi connectivity index (χ3n) is 5.09. The number of thioether (sulfide) groups is 1. The lowest BCUT2D eigenvalue weighted by atomic mass is 9.88. The number of hydrogen-bond acceptors (Lipinski definition) is 2. The fourth-order valence-electron chi connectivity index (χ4n) is 3.69. The molecule has 0 aromatic heterocycles. The number of fused-ring (bicyclic) bond motifs is 2. The van der Waals surface area contributed by atoms with Gasteiger partial charge >= 0.3 is 0 Å². The highest BCUT2D eigenvalue weighted by Gasteiger charge is 2.24. The molecule has 3 heteroatoms. The maximum atomic E-state index is 12.8. The average Bonchev–Trinajstić information content (AvgIpc) is 2.68. The fourth-order valence-corrected chi connectivity index (χ4v) is 4.62. The van der Waals surface area contributed by atoms with Crippen LogP contribution < -0.4 is 5.32 Å². The van der Waals surface area contributed by atoms with E-state index in [0.29, 0.717) is 0 Å². The first-order valence-electron chi connectivity index (χ1n) is 9.24. The summed E-state index contributed by atoms with van der Waals surface area (Å²) in [6.07, 6.45) is 3.27. The van der Waals surface area contributed by atoms with Crippen LogP contribution in [0.15, 0.2) is 71.6 Å². The number of benzene rings is 3. The molecule has 1 amide bonds. The van der Waals surface area contributed by atoms with Crippen molar-refractivity contribution in [1.29, 1.82) is 0 Å². The third-order valence-corrected chi connectivity index (χ3v) is 6.18. The molecular formula is C23H23NOS. The highest BCUT2D eigenvalue weighted by molar-refractivity contribution is 8.00. The molecule has 2 nitrogen and oxygen atoms in total. The number of amides is 1. The summed E-state index contributed by atoms with van der Waals surface area (Å²) < 4.78 is 0. The Morgan fingerprint density at radius 3 is 2.69 bits per heavy atom. The number of aryl methyl sites for hydroxylation is 1. The standard InChI is InChI=1S/C23H23NOS/c1-16(26-20-14-13-17-7-2-3-9-19(17)15-20)23(25)24-22-12-6-10-18-8-4-5-11-21(18)22/h2-5,7-9,11,13-16,22H,6,10,12H2,1H3,(H,24,25)/t16-,22+/m1/s1. The Bertz CT molecular complexity index is 936. The van der Waals surface area contributed by atoms with Gasteiger partial charge in [-0.25, -0.2) is 0 Å². The molecule has 3 aromatic carbocycles. The van der Waals surface area contributed by atoms with Gasteiger partial charge in [-0.3, -0.25) is 4.79 Å². The van der Waals surface area contributed by atoms with Crippen molar-refractivity contribution < 1.29 is 4.79 Å². The Kier molecular flexibility index (Phi) is 4.98. The molecule has 4 rings (SSSR count). The molecule has 0 saturated carbocycles. The molecule has 0 spiro atoms. The minimum absolute atomic E-state index is 0.116. The lowest BCUT2D eigenvalue weighted by molar-refractivity contribution is -0.121. The number of nitrogens with one attached hydrogen (secondary N) is 1. The van der Waals surface area contributed by atoms with Crippen LogP contribution in [0.1, 0.15) is 36.9 Å². The minimum atomic E-state index is -0.120.